The van der Waals surface area contributed by atoms with E-state index in [2.05, 4.69) is 25.4 Å². The molecule has 0 saturated carbocycles. The van der Waals surface area contributed by atoms with Crippen molar-refractivity contribution >= 4 is 17.6 Å². The molecule has 0 amide bonds. The number of aryl methyl sites for hydroxylation is 1. The Kier molecular flexibility index (Phi) is 3.50. The van der Waals surface area contributed by atoms with Gasteiger partial charge in [0, 0.05) is 18.0 Å². The minimum Gasteiger partial charge on any atom is -0.308 e. The zero-order chi connectivity index (χ0) is 12.3. The molecule has 0 bridgehead atoms. The predicted octanol–water partition coefficient (Wildman–Crippen LogP) is 1.32. The zero-order valence-electron chi connectivity index (χ0n) is 9.51. The molecule has 0 radical (unpaired) electrons. The second-order valence-corrected chi connectivity index (χ2v) is 4.40. The zero-order valence-corrected chi connectivity index (χ0v) is 10.3. The average molecular weight is 248 g/mol. The van der Waals surface area contributed by atoms with E-state index < -0.39 is 0 Å². The molecule has 0 fully saturated rings. The maximum atomic E-state index is 5.35. The van der Waals surface area contributed by atoms with Crippen molar-refractivity contribution in [2.75, 3.05) is 5.43 Å². The van der Waals surface area contributed by atoms with E-state index in [-0.39, 0.29) is 0 Å². The number of nitrogen functional groups attached to an aromatic ring is 1. The lowest BCUT2D eigenvalue weighted by Gasteiger charge is -2.07. The lowest BCUT2D eigenvalue weighted by atomic mass is 10.3. The molecule has 2 aromatic heterocycles. The largest absolute Gasteiger partial charge is 0.308 e. The van der Waals surface area contributed by atoms with Crippen LogP contribution < -0.4 is 11.3 Å². The molecule has 3 N–H and O–H groups in total. The van der Waals surface area contributed by atoms with Crippen molar-refractivity contribution in [3.05, 3.63) is 29.8 Å². The van der Waals surface area contributed by atoms with Gasteiger partial charge in [-0.15, -0.1) is 0 Å². The van der Waals surface area contributed by atoms with Gasteiger partial charge in [0.25, 0.3) is 0 Å². The summed E-state index contributed by atoms with van der Waals surface area (Å²) in [6.07, 6.45) is 5.00. The summed E-state index contributed by atoms with van der Waals surface area (Å²) in [7, 11) is 0. The summed E-state index contributed by atoms with van der Waals surface area (Å²) in [5.74, 6) is 5.96. The summed E-state index contributed by atoms with van der Waals surface area (Å²) in [6, 6.07) is 0. The van der Waals surface area contributed by atoms with E-state index in [0.717, 1.165) is 16.2 Å². The molecular formula is C10H12N6S. The molecule has 7 heteroatoms. The van der Waals surface area contributed by atoms with Crippen LogP contribution in [-0.2, 0) is 0 Å². The van der Waals surface area contributed by atoms with Crippen LogP contribution in [0.25, 0.3) is 0 Å². The standard InChI is InChI=1S/C10H12N6S/c1-6-3-12-10(13-4-6)17-9-7(2)8(16-11)14-5-15-9/h3-5H,11H2,1-2H3,(H,14,15,16). The number of hydrogen-bond acceptors (Lipinski definition) is 7. The topological polar surface area (TPSA) is 89.6 Å². The van der Waals surface area contributed by atoms with Crippen LogP contribution in [0, 0.1) is 13.8 Å². The van der Waals surface area contributed by atoms with Gasteiger partial charge >= 0.3 is 0 Å². The number of hydrazine groups is 1. The molecule has 0 atom stereocenters. The fourth-order valence-electron chi connectivity index (χ4n) is 1.20. The first-order valence-corrected chi connectivity index (χ1v) is 5.77. The van der Waals surface area contributed by atoms with E-state index in [0.29, 0.717) is 11.0 Å². The Morgan fingerprint density at radius 3 is 2.47 bits per heavy atom. The molecule has 88 valence electrons. The molecule has 0 spiro atoms. The lowest BCUT2D eigenvalue weighted by molar-refractivity contribution is 0.934. The summed E-state index contributed by atoms with van der Waals surface area (Å²) < 4.78 is 0. The first-order chi connectivity index (χ1) is 8.20. The quantitative estimate of drug-likeness (QED) is 0.366. The molecule has 0 aliphatic heterocycles. The number of rotatable bonds is 3. The van der Waals surface area contributed by atoms with Crippen LogP contribution >= 0.6 is 11.8 Å². The SMILES string of the molecule is Cc1cnc(Sc2ncnc(NN)c2C)nc1. The Bertz CT molecular complexity index is 513. The number of nitrogens with one attached hydrogen (secondary N) is 1. The Balaban J connectivity index is 2.27. The summed E-state index contributed by atoms with van der Waals surface area (Å²) in [5.41, 5.74) is 4.43. The summed E-state index contributed by atoms with van der Waals surface area (Å²) in [6.45, 7) is 3.84. The Hall–Kier alpha value is -1.73. The summed E-state index contributed by atoms with van der Waals surface area (Å²) >= 11 is 1.38. The number of anilines is 1. The second kappa shape index (κ2) is 5.07. The molecule has 17 heavy (non-hydrogen) atoms. The predicted molar refractivity (Wildman–Crippen MR) is 65.5 cm³/mol. The normalized spacial score (nSPS) is 10.3. The van der Waals surface area contributed by atoms with Crippen molar-refractivity contribution in [3.8, 4) is 0 Å². The van der Waals surface area contributed by atoms with Crippen molar-refractivity contribution in [1.29, 1.82) is 0 Å². The van der Waals surface area contributed by atoms with Crippen LogP contribution in [0.5, 0.6) is 0 Å². The van der Waals surface area contributed by atoms with Crippen LogP contribution in [0.15, 0.2) is 28.9 Å². The van der Waals surface area contributed by atoms with Crippen molar-refractivity contribution < 1.29 is 0 Å². The van der Waals surface area contributed by atoms with Gasteiger partial charge in [0.15, 0.2) is 5.16 Å². The van der Waals surface area contributed by atoms with Crippen LogP contribution in [0.1, 0.15) is 11.1 Å². The highest BCUT2D eigenvalue weighted by molar-refractivity contribution is 7.99. The molecule has 0 aromatic carbocycles. The first kappa shape index (κ1) is 11.7. The number of aromatic nitrogens is 4. The third-order valence-electron chi connectivity index (χ3n) is 2.12. The summed E-state index contributed by atoms with van der Waals surface area (Å²) in [5, 5.41) is 1.44. The minimum absolute atomic E-state index is 0.606. The monoisotopic (exact) mass is 248 g/mol. The molecule has 2 aromatic rings. The van der Waals surface area contributed by atoms with E-state index >= 15 is 0 Å². The van der Waals surface area contributed by atoms with Crippen LogP contribution in [0.3, 0.4) is 0 Å². The van der Waals surface area contributed by atoms with Gasteiger partial charge in [0.05, 0.1) is 0 Å². The van der Waals surface area contributed by atoms with E-state index in [1.165, 1.54) is 18.1 Å². The van der Waals surface area contributed by atoms with Gasteiger partial charge in [-0.25, -0.2) is 25.8 Å². The van der Waals surface area contributed by atoms with Gasteiger partial charge < -0.3 is 5.43 Å². The van der Waals surface area contributed by atoms with E-state index in [9.17, 15) is 0 Å². The Morgan fingerprint density at radius 1 is 1.12 bits per heavy atom. The smallest absolute Gasteiger partial charge is 0.193 e. The van der Waals surface area contributed by atoms with Gasteiger partial charge in [0.1, 0.15) is 17.2 Å². The van der Waals surface area contributed by atoms with E-state index in [1.54, 1.807) is 12.4 Å². The number of nitrogens with zero attached hydrogens (tertiary/aromatic N) is 4. The first-order valence-electron chi connectivity index (χ1n) is 4.95. The van der Waals surface area contributed by atoms with Crippen molar-refractivity contribution in [2.45, 2.75) is 24.0 Å². The van der Waals surface area contributed by atoms with Crippen molar-refractivity contribution in [3.63, 3.8) is 0 Å². The molecule has 2 heterocycles. The molecule has 6 nitrogen and oxygen atoms in total. The van der Waals surface area contributed by atoms with Crippen LogP contribution in [-0.4, -0.2) is 19.9 Å². The van der Waals surface area contributed by atoms with Gasteiger partial charge in [-0.3, -0.25) is 0 Å². The van der Waals surface area contributed by atoms with Crippen LogP contribution in [0.2, 0.25) is 0 Å². The molecule has 0 aliphatic rings. The fraction of sp³-hybridized carbons (Fsp3) is 0.200. The number of nitrogens with two attached hydrogens (primary N) is 1. The third kappa shape index (κ3) is 2.69. The molecule has 0 aliphatic carbocycles. The fourth-order valence-corrected chi connectivity index (χ4v) is 1.94. The molecule has 2 rings (SSSR count). The minimum atomic E-state index is 0.606. The third-order valence-corrected chi connectivity index (χ3v) is 3.12. The van der Waals surface area contributed by atoms with Crippen molar-refractivity contribution in [2.24, 2.45) is 5.84 Å². The van der Waals surface area contributed by atoms with Gasteiger partial charge in [-0.05, 0) is 31.2 Å². The highest BCUT2D eigenvalue weighted by atomic mass is 32.2. The number of hydrogen-bond donors (Lipinski definition) is 2. The van der Waals surface area contributed by atoms with Gasteiger partial charge in [0.2, 0.25) is 0 Å². The average Bonchev–Trinajstić information content (AvgIpc) is 2.35. The Labute approximate surface area is 103 Å². The van der Waals surface area contributed by atoms with Gasteiger partial charge in [-0.1, -0.05) is 0 Å². The van der Waals surface area contributed by atoms with Crippen molar-refractivity contribution in [1.82, 2.24) is 19.9 Å². The highest BCUT2D eigenvalue weighted by Gasteiger charge is 2.08. The lowest BCUT2D eigenvalue weighted by Crippen LogP contribution is -2.10. The second-order valence-electron chi connectivity index (χ2n) is 3.44. The molecular weight excluding hydrogens is 236 g/mol. The molecule has 0 unspecified atom stereocenters. The van der Waals surface area contributed by atoms with E-state index in [1.807, 2.05) is 13.8 Å². The summed E-state index contributed by atoms with van der Waals surface area (Å²) in [4.78, 5) is 16.6. The molecule has 0 saturated heterocycles. The maximum absolute atomic E-state index is 5.35. The maximum Gasteiger partial charge on any atom is 0.193 e. The van der Waals surface area contributed by atoms with Crippen LogP contribution in [0.4, 0.5) is 5.82 Å². The Morgan fingerprint density at radius 2 is 1.82 bits per heavy atom. The van der Waals surface area contributed by atoms with E-state index in [4.69, 9.17) is 5.84 Å². The highest BCUT2D eigenvalue weighted by Crippen LogP contribution is 2.27. The van der Waals surface area contributed by atoms with Gasteiger partial charge in [-0.2, -0.15) is 0 Å².